The number of carbonyl (C=O) groups excluding carboxylic acids is 1. The van der Waals surface area contributed by atoms with E-state index in [9.17, 15) is 8.63 Å². The Balaban J connectivity index is 1.77. The van der Waals surface area contributed by atoms with E-state index in [1.165, 1.54) is 0 Å². The third-order valence-electron chi connectivity index (χ3n) is 3.79. The van der Waals surface area contributed by atoms with Crippen LogP contribution >= 0.6 is 0 Å². The summed E-state index contributed by atoms with van der Waals surface area (Å²) in [4.78, 5) is 11.9. The van der Waals surface area contributed by atoms with Crippen LogP contribution in [0, 0.1) is 0 Å². The van der Waals surface area contributed by atoms with Gasteiger partial charge in [-0.2, -0.15) is 0 Å². The summed E-state index contributed by atoms with van der Waals surface area (Å²) in [6.07, 6.45) is 0.348. The van der Waals surface area contributed by atoms with E-state index in [-0.39, 0.29) is 11.9 Å². The molecule has 0 aromatic heterocycles. The fourth-order valence-electron chi connectivity index (χ4n) is 2.67. The molecule has 3 nitrogen and oxygen atoms in total. The van der Waals surface area contributed by atoms with Crippen LogP contribution in [0.5, 0.6) is 0 Å². The van der Waals surface area contributed by atoms with Gasteiger partial charge in [0.15, 0.2) is 0 Å². The van der Waals surface area contributed by atoms with Crippen molar-refractivity contribution >= 4 is 29.8 Å². The quantitative estimate of drug-likeness (QED) is 0.757. The zero-order chi connectivity index (χ0) is 16.2. The Hall–Kier alpha value is -2.03. The Bertz CT molecular complexity index is 751. The number of Topliss-reactive ketones (excluding diaryl/α,β-unsaturated/α-hetero) is 1. The summed E-state index contributed by atoms with van der Waals surface area (Å²) in [6.45, 7) is 1.56. The van der Waals surface area contributed by atoms with Gasteiger partial charge in [-0.3, -0.25) is 0 Å². The number of benzene rings is 2. The Labute approximate surface area is 140 Å². The molecule has 2 atom stereocenters. The molecule has 0 spiro atoms. The molecule has 0 bridgehead atoms. The molecule has 4 heteroatoms. The molecule has 0 N–H and O–H groups in total. The fourth-order valence-corrected chi connectivity index (χ4v) is 5.13. The van der Waals surface area contributed by atoms with Crippen molar-refractivity contribution < 1.29 is 13.4 Å². The fraction of sp³-hybridized carbons (Fsp3) is 0.211. The SMILES string of the molecule is CC(=O)C1=C(c2ccccc2)OC(C[Se](=O)c2ccccc2)C1. The molecule has 0 saturated carbocycles. The summed E-state index contributed by atoms with van der Waals surface area (Å²) in [5.41, 5.74) is 1.61. The van der Waals surface area contributed by atoms with Crippen molar-refractivity contribution in [1.82, 2.24) is 0 Å². The Morgan fingerprint density at radius 1 is 1.09 bits per heavy atom. The summed E-state index contributed by atoms with van der Waals surface area (Å²) in [7, 11) is 0. The van der Waals surface area contributed by atoms with Crippen molar-refractivity contribution in [1.29, 1.82) is 0 Å². The van der Waals surface area contributed by atoms with E-state index in [2.05, 4.69) is 0 Å². The molecule has 1 heterocycles. The number of ketones is 1. The number of rotatable bonds is 5. The topological polar surface area (TPSA) is 43.4 Å². The van der Waals surface area contributed by atoms with Crippen molar-refractivity contribution in [3.05, 3.63) is 71.8 Å². The van der Waals surface area contributed by atoms with Gasteiger partial charge in [-0.25, -0.2) is 0 Å². The molecule has 0 aliphatic carbocycles. The third-order valence-corrected chi connectivity index (χ3v) is 6.88. The maximum atomic E-state index is 12.5. The molecule has 23 heavy (non-hydrogen) atoms. The van der Waals surface area contributed by atoms with E-state index < -0.39 is 13.8 Å². The summed E-state index contributed by atoms with van der Waals surface area (Å²) < 4.78 is 19.4. The van der Waals surface area contributed by atoms with E-state index >= 15 is 0 Å². The molecule has 0 amide bonds. The van der Waals surface area contributed by atoms with Crippen LogP contribution in [0.1, 0.15) is 18.9 Å². The molecule has 2 unspecified atom stereocenters. The van der Waals surface area contributed by atoms with Crippen LogP contribution < -0.4 is 4.46 Å². The minimum atomic E-state index is -2.16. The number of ether oxygens (including phenoxy) is 1. The molecule has 0 saturated heterocycles. The Morgan fingerprint density at radius 2 is 1.70 bits per heavy atom. The average Bonchev–Trinajstić information content (AvgIpc) is 3.00. The Kier molecular flexibility index (Phi) is 4.85. The second kappa shape index (κ2) is 7.03. The van der Waals surface area contributed by atoms with Crippen molar-refractivity contribution in [3.63, 3.8) is 0 Å². The van der Waals surface area contributed by atoms with Gasteiger partial charge in [-0.1, -0.05) is 0 Å². The summed E-state index contributed by atoms with van der Waals surface area (Å²) >= 11 is -2.16. The molecule has 1 aliphatic heterocycles. The van der Waals surface area contributed by atoms with Crippen LogP contribution in [0.2, 0.25) is 5.32 Å². The van der Waals surface area contributed by atoms with Crippen LogP contribution in [0.15, 0.2) is 66.2 Å². The van der Waals surface area contributed by atoms with Crippen molar-refractivity contribution in [3.8, 4) is 0 Å². The van der Waals surface area contributed by atoms with E-state index in [1.54, 1.807) is 6.92 Å². The molecule has 1 aliphatic rings. The number of carbonyl (C=O) groups is 1. The maximum absolute atomic E-state index is 12.5. The first-order valence-corrected chi connectivity index (χ1v) is 10.3. The molecular weight excluding hydrogens is 355 g/mol. The zero-order valence-electron chi connectivity index (χ0n) is 12.9. The predicted octanol–water partition coefficient (Wildman–Crippen LogP) is 3.10. The average molecular weight is 373 g/mol. The van der Waals surface area contributed by atoms with Gasteiger partial charge in [0.1, 0.15) is 0 Å². The summed E-state index contributed by atoms with van der Waals surface area (Å²) in [6, 6.07) is 19.1. The Morgan fingerprint density at radius 3 is 2.30 bits per heavy atom. The van der Waals surface area contributed by atoms with Gasteiger partial charge in [0.2, 0.25) is 0 Å². The van der Waals surface area contributed by atoms with Crippen molar-refractivity contribution in [2.75, 3.05) is 0 Å². The van der Waals surface area contributed by atoms with Crippen LogP contribution in [0.4, 0.5) is 0 Å². The van der Waals surface area contributed by atoms with E-state index in [1.807, 2.05) is 60.7 Å². The monoisotopic (exact) mass is 374 g/mol. The number of hydrogen-bond acceptors (Lipinski definition) is 3. The van der Waals surface area contributed by atoms with E-state index in [4.69, 9.17) is 4.74 Å². The molecule has 2 aromatic rings. The van der Waals surface area contributed by atoms with Crippen molar-refractivity contribution in [2.45, 2.75) is 24.8 Å². The van der Waals surface area contributed by atoms with E-state index in [0.717, 1.165) is 10.0 Å². The second-order valence-electron chi connectivity index (χ2n) is 5.50. The van der Waals surface area contributed by atoms with Gasteiger partial charge in [0, 0.05) is 0 Å². The first-order valence-electron chi connectivity index (χ1n) is 7.54. The standard InChI is InChI=1S/C19H18O3Se/c1-14(20)18-12-16(13-23(21)17-10-6-3-7-11-17)22-19(18)15-8-4-2-5-9-15/h2-11,16H,12-13H2,1H3. The third kappa shape index (κ3) is 3.66. The summed E-state index contributed by atoms with van der Waals surface area (Å²) in [5, 5.41) is 0.483. The van der Waals surface area contributed by atoms with Crippen LogP contribution in [-0.4, -0.2) is 25.7 Å². The first kappa shape index (κ1) is 15.8. The number of hydrogen-bond donors (Lipinski definition) is 0. The molecule has 0 fully saturated rings. The first-order chi connectivity index (χ1) is 11.1. The predicted molar refractivity (Wildman–Crippen MR) is 90.9 cm³/mol. The second-order valence-corrected chi connectivity index (χ2v) is 8.64. The normalized spacial score (nSPS) is 18.6. The molecule has 118 valence electrons. The van der Waals surface area contributed by atoms with E-state index in [0.29, 0.717) is 23.1 Å². The van der Waals surface area contributed by atoms with Gasteiger partial charge >= 0.3 is 140 Å². The van der Waals surface area contributed by atoms with Gasteiger partial charge in [-0.05, 0) is 0 Å². The molecule has 0 radical (unpaired) electrons. The van der Waals surface area contributed by atoms with Gasteiger partial charge in [0.05, 0.1) is 0 Å². The minimum absolute atomic E-state index is 0.0218. The van der Waals surface area contributed by atoms with Crippen LogP contribution in [0.3, 0.4) is 0 Å². The van der Waals surface area contributed by atoms with Gasteiger partial charge < -0.3 is 0 Å². The van der Waals surface area contributed by atoms with Crippen LogP contribution in [-0.2, 0) is 13.4 Å². The zero-order valence-corrected chi connectivity index (χ0v) is 14.6. The molecular formula is C19H18O3Se. The van der Waals surface area contributed by atoms with Gasteiger partial charge in [-0.15, -0.1) is 0 Å². The van der Waals surface area contributed by atoms with Crippen molar-refractivity contribution in [2.24, 2.45) is 0 Å². The molecule has 2 aromatic carbocycles. The summed E-state index contributed by atoms with van der Waals surface area (Å²) in [5.74, 6) is 0.670. The van der Waals surface area contributed by atoms with Gasteiger partial charge in [0.25, 0.3) is 0 Å². The molecule has 3 rings (SSSR count). The van der Waals surface area contributed by atoms with Crippen LogP contribution in [0.25, 0.3) is 5.76 Å².